The van der Waals surface area contributed by atoms with E-state index in [0.717, 1.165) is 0 Å². The molecule has 0 unspecified atom stereocenters. The predicted molar refractivity (Wildman–Crippen MR) is 58.7 cm³/mol. The molecule has 0 aromatic carbocycles. The van der Waals surface area contributed by atoms with Crippen LogP contribution in [0, 0.1) is 0 Å². The number of anilines is 1. The maximum atomic E-state index is 11.0. The van der Waals surface area contributed by atoms with Gasteiger partial charge in [0.15, 0.2) is 5.82 Å². The van der Waals surface area contributed by atoms with Gasteiger partial charge in [-0.3, -0.25) is 0 Å². The van der Waals surface area contributed by atoms with Gasteiger partial charge in [-0.1, -0.05) is 0 Å². The lowest BCUT2D eigenvalue weighted by atomic mass is 10.4. The van der Waals surface area contributed by atoms with Crippen LogP contribution in [0.25, 0.3) is 6.08 Å². The van der Waals surface area contributed by atoms with E-state index in [1.165, 1.54) is 25.5 Å². The highest BCUT2D eigenvalue weighted by molar-refractivity contribution is 5.86. The first-order valence-electron chi connectivity index (χ1n) is 4.68. The van der Waals surface area contributed by atoms with Gasteiger partial charge in [0.25, 0.3) is 5.88 Å². The lowest BCUT2D eigenvalue weighted by Crippen LogP contribution is -2.01. The predicted octanol–water partition coefficient (Wildman–Crippen LogP) is 0.644. The number of carbonyl (C=O) groups is 1. The van der Waals surface area contributed by atoms with Crippen LogP contribution in [0.4, 0.5) is 5.82 Å². The minimum atomic E-state index is -0.430. The fourth-order valence-electron chi connectivity index (χ4n) is 0.969. The molecule has 0 aliphatic rings. The number of nitrogen functional groups attached to an aromatic ring is 1. The van der Waals surface area contributed by atoms with Crippen LogP contribution in [0.3, 0.4) is 0 Å². The normalized spacial score (nSPS) is 10.4. The minimum Gasteiger partial charge on any atom is -0.478 e. The van der Waals surface area contributed by atoms with Crippen molar-refractivity contribution in [2.75, 3.05) is 19.5 Å². The third-order valence-corrected chi connectivity index (χ3v) is 1.66. The van der Waals surface area contributed by atoms with Gasteiger partial charge in [0.05, 0.1) is 25.6 Å². The number of rotatable bonds is 4. The Morgan fingerprint density at radius 1 is 1.62 bits per heavy atom. The van der Waals surface area contributed by atoms with E-state index in [1.54, 1.807) is 6.92 Å². The Balaban J connectivity index is 2.78. The number of ether oxygens (including phenoxy) is 2. The molecule has 1 rings (SSSR count). The van der Waals surface area contributed by atoms with Gasteiger partial charge in [-0.05, 0) is 13.0 Å². The highest BCUT2D eigenvalue weighted by Gasteiger charge is 2.02. The Labute approximate surface area is 93.1 Å². The minimum absolute atomic E-state index is 0.204. The number of methoxy groups -OCH3 is 1. The monoisotopic (exact) mass is 223 g/mol. The average molecular weight is 223 g/mol. The third kappa shape index (κ3) is 3.23. The summed E-state index contributed by atoms with van der Waals surface area (Å²) < 4.78 is 9.61. The van der Waals surface area contributed by atoms with Crippen LogP contribution in [0.2, 0.25) is 0 Å². The van der Waals surface area contributed by atoms with Gasteiger partial charge >= 0.3 is 5.97 Å². The van der Waals surface area contributed by atoms with E-state index in [1.807, 2.05) is 0 Å². The molecule has 0 aliphatic carbocycles. The van der Waals surface area contributed by atoms with E-state index in [0.29, 0.717) is 12.3 Å². The van der Waals surface area contributed by atoms with E-state index in [-0.39, 0.29) is 11.7 Å². The second-order valence-electron chi connectivity index (χ2n) is 2.77. The molecule has 0 aliphatic heterocycles. The molecule has 86 valence electrons. The van der Waals surface area contributed by atoms with Crippen LogP contribution in [-0.4, -0.2) is 29.7 Å². The lowest BCUT2D eigenvalue weighted by Gasteiger charge is -2.02. The second kappa shape index (κ2) is 5.69. The van der Waals surface area contributed by atoms with Crippen LogP contribution < -0.4 is 10.5 Å². The van der Waals surface area contributed by atoms with Crippen molar-refractivity contribution in [2.45, 2.75) is 6.92 Å². The first-order valence-corrected chi connectivity index (χ1v) is 4.68. The molecule has 16 heavy (non-hydrogen) atoms. The van der Waals surface area contributed by atoms with E-state index >= 15 is 0 Å². The highest BCUT2D eigenvalue weighted by atomic mass is 16.5. The van der Waals surface area contributed by atoms with Crippen molar-refractivity contribution < 1.29 is 14.3 Å². The Morgan fingerprint density at radius 3 is 3.00 bits per heavy atom. The SMILES string of the molecule is CCOC(=O)C=Cc1cnc(N)c(OC)n1. The smallest absolute Gasteiger partial charge is 0.330 e. The molecule has 1 aromatic heterocycles. The molecule has 6 nitrogen and oxygen atoms in total. The zero-order chi connectivity index (χ0) is 12.0. The van der Waals surface area contributed by atoms with Gasteiger partial charge in [0.2, 0.25) is 0 Å². The molecule has 0 atom stereocenters. The van der Waals surface area contributed by atoms with E-state index < -0.39 is 5.97 Å². The topological polar surface area (TPSA) is 87.3 Å². The van der Waals surface area contributed by atoms with Crippen LogP contribution in [0.15, 0.2) is 12.3 Å². The standard InChI is InChI=1S/C10H13N3O3/c1-3-16-8(14)5-4-7-6-12-9(11)10(13-7)15-2/h4-6H,3H2,1-2H3,(H2,11,12). The highest BCUT2D eigenvalue weighted by Crippen LogP contribution is 2.14. The molecule has 0 radical (unpaired) electrons. The molecule has 1 heterocycles. The molecule has 0 fully saturated rings. The number of esters is 1. The van der Waals surface area contributed by atoms with E-state index in [9.17, 15) is 4.79 Å². The summed E-state index contributed by atoms with van der Waals surface area (Å²) in [5.41, 5.74) is 5.96. The third-order valence-electron chi connectivity index (χ3n) is 1.66. The molecule has 6 heteroatoms. The van der Waals surface area contributed by atoms with Crippen molar-refractivity contribution in [3.63, 3.8) is 0 Å². The Morgan fingerprint density at radius 2 is 2.38 bits per heavy atom. The van der Waals surface area contributed by atoms with Gasteiger partial charge in [-0.2, -0.15) is 0 Å². The number of nitrogens with two attached hydrogens (primary N) is 1. The van der Waals surface area contributed by atoms with Crippen LogP contribution in [-0.2, 0) is 9.53 Å². The van der Waals surface area contributed by atoms with Crippen LogP contribution in [0.5, 0.6) is 5.88 Å². The Bertz CT molecular complexity index is 404. The molecule has 0 saturated heterocycles. The number of carbonyl (C=O) groups excluding carboxylic acids is 1. The summed E-state index contributed by atoms with van der Waals surface area (Å²) in [6, 6.07) is 0. The quantitative estimate of drug-likeness (QED) is 0.595. The zero-order valence-electron chi connectivity index (χ0n) is 9.14. The molecule has 0 bridgehead atoms. The van der Waals surface area contributed by atoms with E-state index in [2.05, 4.69) is 9.97 Å². The number of aromatic nitrogens is 2. The summed E-state index contributed by atoms with van der Waals surface area (Å²) >= 11 is 0. The summed E-state index contributed by atoms with van der Waals surface area (Å²) in [7, 11) is 1.44. The zero-order valence-corrected chi connectivity index (χ0v) is 9.14. The Kier molecular flexibility index (Phi) is 4.26. The fourth-order valence-corrected chi connectivity index (χ4v) is 0.969. The average Bonchev–Trinajstić information content (AvgIpc) is 2.28. The maximum absolute atomic E-state index is 11.0. The molecule has 1 aromatic rings. The van der Waals surface area contributed by atoms with Crippen LogP contribution in [0.1, 0.15) is 12.6 Å². The summed E-state index contributed by atoms with van der Waals surface area (Å²) in [6.07, 6.45) is 4.18. The fraction of sp³-hybridized carbons (Fsp3) is 0.300. The lowest BCUT2D eigenvalue weighted by molar-refractivity contribution is -0.137. The Hall–Kier alpha value is -2.11. The molecule has 2 N–H and O–H groups in total. The summed E-state index contributed by atoms with van der Waals surface area (Å²) in [4.78, 5) is 18.9. The number of nitrogens with zero attached hydrogens (tertiary/aromatic N) is 2. The molecule has 0 amide bonds. The summed E-state index contributed by atoms with van der Waals surface area (Å²) in [5, 5.41) is 0. The van der Waals surface area contributed by atoms with Gasteiger partial charge in [0, 0.05) is 6.08 Å². The van der Waals surface area contributed by atoms with Crippen molar-refractivity contribution in [3.05, 3.63) is 18.0 Å². The summed E-state index contributed by atoms with van der Waals surface area (Å²) in [5.74, 6) is 0.00175. The van der Waals surface area contributed by atoms with Gasteiger partial charge in [-0.15, -0.1) is 0 Å². The van der Waals surface area contributed by atoms with Gasteiger partial charge in [0.1, 0.15) is 0 Å². The van der Waals surface area contributed by atoms with E-state index in [4.69, 9.17) is 15.2 Å². The molecular formula is C10H13N3O3. The summed E-state index contributed by atoms with van der Waals surface area (Å²) in [6.45, 7) is 2.07. The first-order chi connectivity index (χ1) is 7.67. The maximum Gasteiger partial charge on any atom is 0.330 e. The van der Waals surface area contributed by atoms with Crippen molar-refractivity contribution in [2.24, 2.45) is 0 Å². The molecular weight excluding hydrogens is 210 g/mol. The largest absolute Gasteiger partial charge is 0.478 e. The van der Waals surface area contributed by atoms with Gasteiger partial charge < -0.3 is 15.2 Å². The molecule has 0 spiro atoms. The van der Waals surface area contributed by atoms with Crippen molar-refractivity contribution in [3.8, 4) is 5.88 Å². The second-order valence-corrected chi connectivity index (χ2v) is 2.77. The number of hydrogen-bond donors (Lipinski definition) is 1. The van der Waals surface area contributed by atoms with Crippen molar-refractivity contribution in [1.29, 1.82) is 0 Å². The molecule has 0 saturated carbocycles. The van der Waals surface area contributed by atoms with Crippen molar-refractivity contribution in [1.82, 2.24) is 9.97 Å². The number of hydrogen-bond acceptors (Lipinski definition) is 6. The van der Waals surface area contributed by atoms with Gasteiger partial charge in [-0.25, -0.2) is 14.8 Å². The van der Waals surface area contributed by atoms with Crippen LogP contribution >= 0.6 is 0 Å². The first kappa shape index (κ1) is 12.0. The van der Waals surface area contributed by atoms with Crippen molar-refractivity contribution >= 4 is 17.9 Å².